The predicted molar refractivity (Wildman–Crippen MR) is 102 cm³/mol. The van der Waals surface area contributed by atoms with E-state index in [1.54, 1.807) is 6.20 Å². The molecule has 4 rings (SSSR count). The van der Waals surface area contributed by atoms with Crippen LogP contribution < -0.4 is 10.9 Å². The monoisotopic (exact) mass is 346 g/mol. The zero-order chi connectivity index (χ0) is 18.3. The molecule has 0 saturated carbocycles. The Kier molecular flexibility index (Phi) is 3.80. The van der Waals surface area contributed by atoms with Crippen molar-refractivity contribution in [2.24, 2.45) is 0 Å². The molecular formula is C20H18N4O2. The lowest BCUT2D eigenvalue weighted by Gasteiger charge is -2.08. The lowest BCUT2D eigenvalue weighted by atomic mass is 10.1. The number of carbonyl (C=O) groups is 1. The second-order valence-electron chi connectivity index (χ2n) is 6.49. The maximum absolute atomic E-state index is 12.7. The summed E-state index contributed by atoms with van der Waals surface area (Å²) in [6.45, 7) is 3.80. The third-order valence-corrected chi connectivity index (χ3v) is 4.32. The molecule has 6 heteroatoms. The van der Waals surface area contributed by atoms with E-state index in [2.05, 4.69) is 15.4 Å². The van der Waals surface area contributed by atoms with Gasteiger partial charge in [0.2, 0.25) is 5.91 Å². The van der Waals surface area contributed by atoms with Crippen LogP contribution in [-0.2, 0) is 11.3 Å². The SMILES string of the molecule is Cc1cc(C)cc(NC(=O)Cn2ncc3c([nH]c4ccccc43)c2=O)c1. The van der Waals surface area contributed by atoms with Crippen LogP contribution in [0, 0.1) is 13.8 Å². The van der Waals surface area contributed by atoms with Crippen LogP contribution in [-0.4, -0.2) is 20.7 Å². The molecule has 0 aliphatic rings. The number of para-hydroxylation sites is 1. The van der Waals surface area contributed by atoms with E-state index in [0.29, 0.717) is 11.2 Å². The number of H-pyrrole nitrogens is 1. The Morgan fingerprint density at radius 3 is 2.62 bits per heavy atom. The molecule has 2 aromatic carbocycles. The van der Waals surface area contributed by atoms with Crippen molar-refractivity contribution in [3.63, 3.8) is 0 Å². The van der Waals surface area contributed by atoms with Crippen molar-refractivity contribution in [2.45, 2.75) is 20.4 Å². The molecule has 130 valence electrons. The molecular weight excluding hydrogens is 328 g/mol. The smallest absolute Gasteiger partial charge is 0.291 e. The quantitative estimate of drug-likeness (QED) is 0.598. The first kappa shape index (κ1) is 16.1. The Morgan fingerprint density at radius 1 is 1.12 bits per heavy atom. The van der Waals surface area contributed by atoms with Crippen molar-refractivity contribution in [1.29, 1.82) is 0 Å². The highest BCUT2D eigenvalue weighted by molar-refractivity contribution is 6.06. The summed E-state index contributed by atoms with van der Waals surface area (Å²) in [5.74, 6) is -0.292. The van der Waals surface area contributed by atoms with Crippen molar-refractivity contribution in [3.05, 3.63) is 70.1 Å². The molecule has 0 bridgehead atoms. The number of aryl methyl sites for hydroxylation is 2. The molecule has 6 nitrogen and oxygen atoms in total. The third-order valence-electron chi connectivity index (χ3n) is 4.32. The molecule has 0 fully saturated rings. The van der Waals surface area contributed by atoms with Crippen LogP contribution in [0.25, 0.3) is 21.8 Å². The molecule has 4 aromatic rings. The maximum Gasteiger partial charge on any atom is 0.291 e. The van der Waals surface area contributed by atoms with E-state index in [1.807, 2.05) is 56.3 Å². The molecule has 2 N–H and O–H groups in total. The average molecular weight is 346 g/mol. The fourth-order valence-corrected chi connectivity index (χ4v) is 3.27. The molecule has 0 unspecified atom stereocenters. The van der Waals surface area contributed by atoms with E-state index in [4.69, 9.17) is 0 Å². The summed E-state index contributed by atoms with van der Waals surface area (Å²) in [6.07, 6.45) is 1.62. The van der Waals surface area contributed by atoms with Crippen LogP contribution in [0.5, 0.6) is 0 Å². The van der Waals surface area contributed by atoms with E-state index >= 15 is 0 Å². The second kappa shape index (κ2) is 6.15. The van der Waals surface area contributed by atoms with Crippen LogP contribution in [0.3, 0.4) is 0 Å². The van der Waals surface area contributed by atoms with Crippen LogP contribution in [0.1, 0.15) is 11.1 Å². The molecule has 1 amide bonds. The molecule has 0 radical (unpaired) electrons. The Balaban J connectivity index is 1.64. The van der Waals surface area contributed by atoms with Crippen molar-refractivity contribution >= 4 is 33.4 Å². The number of nitrogens with one attached hydrogen (secondary N) is 2. The zero-order valence-corrected chi connectivity index (χ0v) is 14.5. The van der Waals surface area contributed by atoms with Gasteiger partial charge in [0.25, 0.3) is 5.56 Å². The largest absolute Gasteiger partial charge is 0.350 e. The molecule has 2 aromatic heterocycles. The summed E-state index contributed by atoms with van der Waals surface area (Å²) in [5.41, 5.74) is 3.87. The lowest BCUT2D eigenvalue weighted by molar-refractivity contribution is -0.117. The first-order valence-corrected chi connectivity index (χ1v) is 8.36. The highest BCUT2D eigenvalue weighted by Crippen LogP contribution is 2.21. The number of hydrogen-bond acceptors (Lipinski definition) is 3. The zero-order valence-electron chi connectivity index (χ0n) is 14.5. The lowest BCUT2D eigenvalue weighted by Crippen LogP contribution is -2.29. The maximum atomic E-state index is 12.7. The summed E-state index contributed by atoms with van der Waals surface area (Å²) in [5, 5.41) is 8.70. The van der Waals surface area contributed by atoms with Crippen molar-refractivity contribution < 1.29 is 4.79 Å². The Bertz CT molecular complexity index is 1180. The van der Waals surface area contributed by atoms with E-state index in [1.165, 1.54) is 4.68 Å². The van der Waals surface area contributed by atoms with Crippen molar-refractivity contribution in [2.75, 3.05) is 5.32 Å². The van der Waals surface area contributed by atoms with Gasteiger partial charge in [-0.15, -0.1) is 0 Å². The normalized spacial score (nSPS) is 11.2. The van der Waals surface area contributed by atoms with Crippen LogP contribution in [0.15, 0.2) is 53.5 Å². The number of aromatic amines is 1. The highest BCUT2D eigenvalue weighted by atomic mass is 16.2. The first-order chi connectivity index (χ1) is 12.5. The Labute approximate surface area is 149 Å². The molecule has 0 spiro atoms. The van der Waals surface area contributed by atoms with Crippen LogP contribution in [0.2, 0.25) is 0 Å². The molecule has 0 aliphatic carbocycles. The van der Waals surface area contributed by atoms with Gasteiger partial charge in [0.05, 0.1) is 6.20 Å². The standard InChI is InChI=1S/C20H18N4O2/c1-12-7-13(2)9-14(8-12)22-18(25)11-24-20(26)19-16(10-21-24)15-5-3-4-6-17(15)23-19/h3-10,23H,11H2,1-2H3,(H,22,25). The van der Waals surface area contributed by atoms with Gasteiger partial charge in [0.15, 0.2) is 0 Å². The van der Waals surface area contributed by atoms with Gasteiger partial charge < -0.3 is 10.3 Å². The summed E-state index contributed by atoms with van der Waals surface area (Å²) < 4.78 is 1.18. The number of rotatable bonds is 3. The second-order valence-corrected chi connectivity index (χ2v) is 6.49. The minimum atomic E-state index is -0.311. The summed E-state index contributed by atoms with van der Waals surface area (Å²) >= 11 is 0. The fourth-order valence-electron chi connectivity index (χ4n) is 3.27. The van der Waals surface area contributed by atoms with Crippen LogP contribution >= 0.6 is 0 Å². The number of aromatic nitrogens is 3. The number of carbonyl (C=O) groups excluding carboxylic acids is 1. The van der Waals surface area contributed by atoms with Gasteiger partial charge in [-0.05, 0) is 43.2 Å². The minimum Gasteiger partial charge on any atom is -0.350 e. The highest BCUT2D eigenvalue weighted by Gasteiger charge is 2.12. The number of nitrogens with zero attached hydrogens (tertiary/aromatic N) is 2. The Hall–Kier alpha value is -3.41. The molecule has 0 aliphatic heterocycles. The van der Waals surface area contributed by atoms with E-state index in [-0.39, 0.29) is 18.0 Å². The fraction of sp³-hybridized carbons (Fsp3) is 0.150. The Morgan fingerprint density at radius 2 is 1.85 bits per heavy atom. The van der Waals surface area contributed by atoms with Crippen LogP contribution in [0.4, 0.5) is 5.69 Å². The first-order valence-electron chi connectivity index (χ1n) is 8.36. The van der Waals surface area contributed by atoms with Gasteiger partial charge >= 0.3 is 0 Å². The van der Waals surface area contributed by atoms with Crippen molar-refractivity contribution in [3.8, 4) is 0 Å². The van der Waals surface area contributed by atoms with Gasteiger partial charge in [0.1, 0.15) is 12.1 Å². The molecule has 0 saturated heterocycles. The van der Waals surface area contributed by atoms with Gasteiger partial charge in [-0.2, -0.15) is 5.10 Å². The average Bonchev–Trinajstić information content (AvgIpc) is 2.96. The number of fused-ring (bicyclic) bond motifs is 3. The third kappa shape index (κ3) is 2.86. The minimum absolute atomic E-state index is 0.142. The van der Waals surface area contributed by atoms with Gasteiger partial charge in [-0.1, -0.05) is 24.3 Å². The van der Waals surface area contributed by atoms with Gasteiger partial charge in [0, 0.05) is 22.0 Å². The van der Waals surface area contributed by atoms with Gasteiger partial charge in [-0.25, -0.2) is 4.68 Å². The number of hydrogen-bond donors (Lipinski definition) is 2. The molecule has 2 heterocycles. The van der Waals surface area contributed by atoms with E-state index in [0.717, 1.165) is 27.4 Å². The van der Waals surface area contributed by atoms with Gasteiger partial charge in [-0.3, -0.25) is 9.59 Å². The molecule has 26 heavy (non-hydrogen) atoms. The number of anilines is 1. The summed E-state index contributed by atoms with van der Waals surface area (Å²) in [6, 6.07) is 13.5. The van der Waals surface area contributed by atoms with Crippen molar-refractivity contribution in [1.82, 2.24) is 14.8 Å². The predicted octanol–water partition coefficient (Wildman–Crippen LogP) is 3.13. The summed E-state index contributed by atoms with van der Waals surface area (Å²) in [4.78, 5) is 28.1. The number of benzene rings is 2. The van der Waals surface area contributed by atoms with E-state index < -0.39 is 0 Å². The summed E-state index contributed by atoms with van der Waals surface area (Å²) in [7, 11) is 0. The molecule has 0 atom stereocenters. The topological polar surface area (TPSA) is 79.8 Å². The number of amides is 1. The van der Waals surface area contributed by atoms with E-state index in [9.17, 15) is 9.59 Å².